The van der Waals surface area contributed by atoms with E-state index < -0.39 is 0 Å². The molecule has 0 atom stereocenters. The first-order valence-corrected chi connectivity index (χ1v) is 0. The van der Waals surface area contributed by atoms with Crippen LogP contribution in [-0.2, 0) is 0 Å². The van der Waals surface area contributed by atoms with E-state index >= 15 is 0 Å². The molecular weight excluding hydrogens is 282 g/mol. The van der Waals surface area contributed by atoms with Crippen LogP contribution < -0.4 is 0 Å². The molecule has 0 fully saturated rings. The van der Waals surface area contributed by atoms with Crippen LogP contribution in [0.25, 0.3) is 0 Å². The molecule has 0 spiro atoms. The average molecular weight is 291 g/mol. The Bertz CT molecular complexity index is 13.5. The first-order chi connectivity index (χ1) is 0. The van der Waals surface area contributed by atoms with Gasteiger partial charge in [-0.25, -0.2) is 0 Å². The summed E-state index contributed by atoms with van der Waals surface area (Å²) in [7, 11) is 0. The first-order valence-electron chi connectivity index (χ1n) is 0. The Hall–Kier alpha value is 3.42. The zero-order valence-electron chi connectivity index (χ0n) is 3.28. The van der Waals surface area contributed by atoms with Gasteiger partial charge >= 0.3 is 45.5 Å². The number of hydrogen-bond acceptors (Lipinski definition) is 0. The molecule has 0 saturated carbocycles. The molecule has 4 heteroatoms. The maximum absolute atomic E-state index is 0. The minimum atomic E-state index is 0. The predicted molar refractivity (Wildman–Crippen MR) is 29.3 cm³/mol. The van der Waals surface area contributed by atoms with Crippen LogP contribution >= 0.6 is 0 Å². The van der Waals surface area contributed by atoms with Crippen molar-refractivity contribution < 1.29 is 38.5 Å². The van der Waals surface area contributed by atoms with Crippen LogP contribution in [0.5, 0.6) is 0 Å². The summed E-state index contributed by atoms with van der Waals surface area (Å²) in [4.78, 5) is 0. The summed E-state index contributed by atoms with van der Waals surface area (Å²) >= 11 is 0. The van der Waals surface area contributed by atoms with Crippen LogP contribution in [0.1, 0.15) is 2.85 Å². The van der Waals surface area contributed by atoms with E-state index in [1.165, 1.54) is 0 Å². The fourth-order valence-corrected chi connectivity index (χ4v) is 0. The Kier molecular flexibility index (Phi) is 105. The Labute approximate surface area is 109 Å². The van der Waals surface area contributed by atoms with E-state index in [4.69, 9.17) is 0 Å². The van der Waals surface area contributed by atoms with Crippen molar-refractivity contribution in [3.63, 3.8) is 0 Å². The molecule has 0 aliphatic heterocycles. The summed E-state index contributed by atoms with van der Waals surface area (Å²) in [5.41, 5.74) is 0. The summed E-state index contributed by atoms with van der Waals surface area (Å²) in [5.74, 6) is 0. The summed E-state index contributed by atoms with van der Waals surface area (Å²) in [6.07, 6.45) is 0. The molecule has 1 radical (unpaired) electrons. The maximum Gasteiger partial charge on any atom is 2.00 e. The third-order valence-electron chi connectivity index (χ3n) is 0. The van der Waals surface area contributed by atoms with Crippen molar-refractivity contribution >= 4 is 73.8 Å². The molecule has 0 amide bonds. The third-order valence-corrected chi connectivity index (χ3v) is 0. The Balaban J connectivity index is 0. The second-order valence-corrected chi connectivity index (χ2v) is 0. The van der Waals surface area contributed by atoms with E-state index in [9.17, 15) is 0 Å². The molecule has 0 aliphatic carbocycles. The van der Waals surface area contributed by atoms with Gasteiger partial charge in [0.2, 0.25) is 0 Å². The van der Waals surface area contributed by atoms with E-state index in [1.54, 1.807) is 0 Å². The zero-order valence-corrected chi connectivity index (χ0v) is 8.39. The van der Waals surface area contributed by atoms with Gasteiger partial charge in [-0.2, -0.15) is 0 Å². The van der Waals surface area contributed by atoms with Gasteiger partial charge in [0, 0.05) is 35.6 Å². The summed E-state index contributed by atoms with van der Waals surface area (Å²) in [6.45, 7) is 0. The second-order valence-electron chi connectivity index (χ2n) is 0. The predicted octanol–water partition coefficient (Wildman–Crippen LogP) is -2.79. The van der Waals surface area contributed by atoms with Crippen LogP contribution in [-0.4, -0.2) is 73.8 Å². The molecule has 4 heavy (non-hydrogen) atoms. The van der Waals surface area contributed by atoms with E-state index in [2.05, 4.69) is 0 Å². The zero-order chi connectivity index (χ0) is 0. The molecule has 0 rings (SSSR count). The van der Waals surface area contributed by atoms with Gasteiger partial charge in [-0.1, -0.05) is 0 Å². The SMILES string of the molecule is [AlH3].[H-].[H-].[La].[SiH4].[Sr+2]. The smallest absolute Gasteiger partial charge is 1.00 e. The van der Waals surface area contributed by atoms with E-state index in [0.717, 1.165) is 0 Å². The number of hydrogen-bond donors (Lipinski definition) is 0. The third kappa shape index (κ3) is 9.06. The molecule has 0 aliphatic rings. The second kappa shape index (κ2) is 16.1. The summed E-state index contributed by atoms with van der Waals surface area (Å²) < 4.78 is 0. The van der Waals surface area contributed by atoms with Crippen molar-refractivity contribution in [3.8, 4) is 0 Å². The number of rotatable bonds is 0. The first kappa shape index (κ1) is 26.1. The van der Waals surface area contributed by atoms with Gasteiger partial charge < -0.3 is 2.85 Å². The fraction of sp³-hybridized carbons (Fsp3) is 0. The van der Waals surface area contributed by atoms with E-state index in [0.29, 0.717) is 0 Å². The van der Waals surface area contributed by atoms with Gasteiger partial charge in [0.1, 0.15) is 0 Å². The van der Waals surface area contributed by atoms with Crippen LogP contribution in [0.15, 0.2) is 0 Å². The molecule has 21 valence electrons. The molecule has 0 aromatic carbocycles. The minimum absolute atomic E-state index is 0. The molecule has 0 saturated heterocycles. The van der Waals surface area contributed by atoms with Gasteiger partial charge in [-0.15, -0.1) is 0 Å². The van der Waals surface area contributed by atoms with Gasteiger partial charge in [-0.05, 0) is 11.0 Å². The summed E-state index contributed by atoms with van der Waals surface area (Å²) in [6, 6.07) is 0. The van der Waals surface area contributed by atoms with Crippen LogP contribution in [0.2, 0.25) is 0 Å². The molecule has 0 bridgehead atoms. The topological polar surface area (TPSA) is 0 Å². The standard InChI is InChI=1S/Al.La.H4Si.Sr.5H/h;;1H4;;;;;;/q;;;+2;;;;2*-1. The van der Waals surface area contributed by atoms with Crippen LogP contribution in [0, 0.1) is 35.6 Å². The molecule has 0 aromatic heterocycles. The maximum atomic E-state index is 0. The molecule has 0 N–H and O–H groups in total. The van der Waals surface area contributed by atoms with Crippen LogP contribution in [0.4, 0.5) is 0 Å². The Morgan fingerprint density at radius 1 is 1.25 bits per heavy atom. The van der Waals surface area contributed by atoms with Gasteiger partial charge in [0.15, 0.2) is 17.4 Å². The van der Waals surface area contributed by atoms with E-state index in [1.807, 2.05) is 0 Å². The molecule has 0 aromatic rings. The average Bonchev–Trinajstić information content (AvgIpc) is 0. The monoisotopic (exact) mass is 291 g/mol. The Morgan fingerprint density at radius 2 is 1.25 bits per heavy atom. The van der Waals surface area contributed by atoms with Crippen LogP contribution in [0.3, 0.4) is 0 Å². The minimum Gasteiger partial charge on any atom is -1.00 e. The van der Waals surface area contributed by atoms with Gasteiger partial charge in [-0.3, -0.25) is 0 Å². The Morgan fingerprint density at radius 3 is 1.25 bits per heavy atom. The van der Waals surface area contributed by atoms with Crippen molar-refractivity contribution in [3.05, 3.63) is 0 Å². The molecular formula is H9AlLaSiSr. The van der Waals surface area contributed by atoms with Crippen molar-refractivity contribution in [2.24, 2.45) is 0 Å². The van der Waals surface area contributed by atoms with Gasteiger partial charge in [0.25, 0.3) is 0 Å². The quantitative estimate of drug-likeness (QED) is 0.423. The van der Waals surface area contributed by atoms with Crippen molar-refractivity contribution in [1.82, 2.24) is 0 Å². The molecule has 0 nitrogen and oxygen atoms in total. The largest absolute Gasteiger partial charge is 2.00 e. The summed E-state index contributed by atoms with van der Waals surface area (Å²) in [5, 5.41) is 0. The molecule has 0 unspecified atom stereocenters. The van der Waals surface area contributed by atoms with Gasteiger partial charge in [0.05, 0.1) is 0 Å². The van der Waals surface area contributed by atoms with Crippen molar-refractivity contribution in [1.29, 1.82) is 0 Å². The molecule has 0 heterocycles. The van der Waals surface area contributed by atoms with Crippen molar-refractivity contribution in [2.45, 2.75) is 0 Å². The van der Waals surface area contributed by atoms with E-state index in [-0.39, 0.29) is 112 Å². The van der Waals surface area contributed by atoms with Crippen molar-refractivity contribution in [2.75, 3.05) is 0 Å². The fourth-order valence-electron chi connectivity index (χ4n) is 0. The normalized spacial score (nSPS) is 0.